The summed E-state index contributed by atoms with van der Waals surface area (Å²) in [5.41, 5.74) is 3.08. The largest absolute Gasteiger partial charge is 0.102 e. The second-order valence-corrected chi connectivity index (χ2v) is 9.20. The van der Waals surface area contributed by atoms with Crippen molar-refractivity contribution in [3.05, 3.63) is 139 Å². The van der Waals surface area contributed by atoms with Gasteiger partial charge in [-0.05, 0) is 67.3 Å². The lowest BCUT2D eigenvalue weighted by Crippen LogP contribution is -2.06. The summed E-state index contributed by atoms with van der Waals surface area (Å²) in [7, 11) is -0.839. The lowest BCUT2D eigenvalue weighted by Gasteiger charge is -2.25. The van der Waals surface area contributed by atoms with Crippen LogP contribution < -0.4 is 5.30 Å². The highest BCUT2D eigenvalue weighted by atomic mass is 31.1. The van der Waals surface area contributed by atoms with E-state index in [0.29, 0.717) is 0 Å². The van der Waals surface area contributed by atoms with Gasteiger partial charge in [0.05, 0.1) is 0 Å². The molecule has 1 aromatic rings. The van der Waals surface area contributed by atoms with Crippen LogP contribution in [0.5, 0.6) is 0 Å². The summed E-state index contributed by atoms with van der Waals surface area (Å²) in [5.74, 6) is 0.266. The van der Waals surface area contributed by atoms with Gasteiger partial charge < -0.3 is 0 Å². The van der Waals surface area contributed by atoms with Gasteiger partial charge in [0.25, 0.3) is 0 Å². The van der Waals surface area contributed by atoms with Crippen LogP contribution in [0.25, 0.3) is 0 Å². The van der Waals surface area contributed by atoms with Gasteiger partial charge in [-0.2, -0.15) is 0 Å². The van der Waals surface area contributed by atoms with E-state index in [2.05, 4.69) is 107 Å². The van der Waals surface area contributed by atoms with E-state index in [1.165, 1.54) is 15.9 Å². The van der Waals surface area contributed by atoms with Crippen molar-refractivity contribution < 1.29 is 0 Å². The number of hydrogen-bond acceptors (Lipinski definition) is 0. The summed E-state index contributed by atoms with van der Waals surface area (Å²) < 4.78 is 0. The molecular weight excluding hydrogens is 379 g/mol. The van der Waals surface area contributed by atoms with Crippen molar-refractivity contribution in [2.45, 2.75) is 27.7 Å². The van der Waals surface area contributed by atoms with Crippen LogP contribution >= 0.6 is 7.92 Å². The van der Waals surface area contributed by atoms with Crippen molar-refractivity contribution in [3.63, 3.8) is 0 Å². The van der Waals surface area contributed by atoms with Crippen LogP contribution in [0, 0.1) is 5.92 Å². The molecule has 0 bridgehead atoms. The molecule has 1 aromatic carbocycles. The molecule has 0 saturated carbocycles. The standard InChI is InChI=1S/C29H35P/c1-9-16-25(8)29(23(5)6)28(22-21-24(7)12-4)30(26(17-10-2)18-11-3)27-19-14-13-15-20-27/h9-22,24H,2,4-5,8H2,1,3,6-7H3/b16-9-,18-11-,22-21?,26-17+,29-28+. The average molecular weight is 415 g/mol. The molecule has 0 heterocycles. The maximum absolute atomic E-state index is 4.35. The third kappa shape index (κ3) is 7.29. The van der Waals surface area contributed by atoms with Crippen molar-refractivity contribution in [2.24, 2.45) is 5.92 Å². The van der Waals surface area contributed by atoms with E-state index in [1.807, 2.05) is 32.1 Å². The van der Waals surface area contributed by atoms with Crippen LogP contribution in [0.3, 0.4) is 0 Å². The molecular formula is C29H35P. The molecule has 0 aliphatic rings. The molecule has 0 saturated heterocycles. The Bertz CT molecular complexity index is 901. The van der Waals surface area contributed by atoms with Gasteiger partial charge >= 0.3 is 0 Å². The lowest BCUT2D eigenvalue weighted by molar-refractivity contribution is 0.943. The maximum Gasteiger partial charge on any atom is -0.00733 e. The summed E-state index contributed by atoms with van der Waals surface area (Å²) in [5, 5.41) is 3.73. The second-order valence-electron chi connectivity index (χ2n) is 7.02. The van der Waals surface area contributed by atoms with Gasteiger partial charge in [-0.1, -0.05) is 112 Å². The van der Waals surface area contributed by atoms with Crippen molar-refractivity contribution in [2.75, 3.05) is 0 Å². The summed E-state index contributed by atoms with van der Waals surface area (Å²) in [6.07, 6.45) is 18.7. The van der Waals surface area contributed by atoms with Crippen molar-refractivity contribution in [3.8, 4) is 0 Å². The van der Waals surface area contributed by atoms with Gasteiger partial charge in [-0.15, -0.1) is 6.58 Å². The zero-order valence-corrected chi connectivity index (χ0v) is 19.8. The van der Waals surface area contributed by atoms with Crippen LogP contribution in [0.2, 0.25) is 0 Å². The van der Waals surface area contributed by atoms with E-state index in [9.17, 15) is 0 Å². The van der Waals surface area contributed by atoms with E-state index >= 15 is 0 Å². The highest BCUT2D eigenvalue weighted by Crippen LogP contribution is 2.55. The normalized spacial score (nSPS) is 15.3. The first-order valence-corrected chi connectivity index (χ1v) is 11.6. The topological polar surface area (TPSA) is 0 Å². The Morgan fingerprint density at radius 2 is 1.60 bits per heavy atom. The van der Waals surface area contributed by atoms with E-state index < -0.39 is 7.92 Å². The van der Waals surface area contributed by atoms with Gasteiger partial charge in [0.15, 0.2) is 0 Å². The molecule has 1 rings (SSSR count). The number of hydrogen-bond donors (Lipinski definition) is 0. The van der Waals surface area contributed by atoms with Crippen LogP contribution in [-0.4, -0.2) is 0 Å². The number of allylic oxidation sites excluding steroid dienone is 14. The molecule has 0 aromatic heterocycles. The van der Waals surface area contributed by atoms with E-state index in [4.69, 9.17) is 0 Å². The fourth-order valence-corrected chi connectivity index (χ4v) is 5.70. The van der Waals surface area contributed by atoms with Crippen molar-refractivity contribution in [1.82, 2.24) is 0 Å². The minimum absolute atomic E-state index is 0.266. The Hall–Kier alpha value is -2.69. The predicted octanol–water partition coefficient (Wildman–Crippen LogP) is 8.78. The first kappa shape index (κ1) is 25.3. The molecule has 0 aliphatic carbocycles. The van der Waals surface area contributed by atoms with Gasteiger partial charge in [0, 0.05) is 0 Å². The van der Waals surface area contributed by atoms with Crippen LogP contribution in [0.4, 0.5) is 0 Å². The van der Waals surface area contributed by atoms with Gasteiger partial charge in [-0.25, -0.2) is 0 Å². The summed E-state index contributed by atoms with van der Waals surface area (Å²) in [4.78, 5) is 0. The van der Waals surface area contributed by atoms with Gasteiger partial charge in [0.1, 0.15) is 0 Å². The molecule has 0 aliphatic heterocycles. The van der Waals surface area contributed by atoms with Crippen LogP contribution in [0.15, 0.2) is 139 Å². The average Bonchev–Trinajstić information content (AvgIpc) is 2.72. The Kier molecular flexibility index (Phi) is 11.4. The molecule has 0 N–H and O–H groups in total. The van der Waals surface area contributed by atoms with Crippen molar-refractivity contribution >= 4 is 13.2 Å². The van der Waals surface area contributed by atoms with Crippen LogP contribution in [-0.2, 0) is 0 Å². The fraction of sp³-hybridized carbons (Fsp3) is 0.172. The highest BCUT2D eigenvalue weighted by Gasteiger charge is 2.22. The van der Waals surface area contributed by atoms with E-state index in [1.54, 1.807) is 0 Å². The fourth-order valence-electron chi connectivity index (χ4n) is 3.03. The Labute approximate surface area is 185 Å². The third-order valence-corrected chi connectivity index (χ3v) is 6.92. The molecule has 2 unspecified atom stereocenters. The highest BCUT2D eigenvalue weighted by molar-refractivity contribution is 7.74. The second kappa shape index (κ2) is 13.5. The van der Waals surface area contributed by atoms with Crippen molar-refractivity contribution in [1.29, 1.82) is 0 Å². The zero-order valence-electron chi connectivity index (χ0n) is 18.9. The third-order valence-electron chi connectivity index (χ3n) is 4.44. The molecule has 0 radical (unpaired) electrons. The van der Waals surface area contributed by atoms with Crippen LogP contribution in [0.1, 0.15) is 27.7 Å². The summed E-state index contributed by atoms with van der Waals surface area (Å²) in [6, 6.07) is 10.7. The minimum Gasteiger partial charge on any atom is -0.102 e. The van der Waals surface area contributed by atoms with E-state index in [-0.39, 0.29) is 5.92 Å². The predicted molar refractivity (Wildman–Crippen MR) is 140 cm³/mol. The first-order valence-electron chi connectivity index (χ1n) is 10.2. The molecule has 0 amide bonds. The molecule has 156 valence electrons. The summed E-state index contributed by atoms with van der Waals surface area (Å²) >= 11 is 0. The smallest absolute Gasteiger partial charge is 0.00733 e. The lowest BCUT2D eigenvalue weighted by atomic mass is 9.99. The Balaban J connectivity index is 4.03. The minimum atomic E-state index is -0.839. The van der Waals surface area contributed by atoms with Gasteiger partial charge in [-0.3, -0.25) is 0 Å². The first-order chi connectivity index (χ1) is 14.4. The molecule has 2 atom stereocenters. The van der Waals surface area contributed by atoms with E-state index in [0.717, 1.165) is 16.7 Å². The maximum atomic E-state index is 4.35. The Morgan fingerprint density at radius 3 is 2.10 bits per heavy atom. The zero-order chi connectivity index (χ0) is 22.5. The molecule has 0 nitrogen and oxygen atoms in total. The summed E-state index contributed by atoms with van der Waals surface area (Å²) in [6.45, 7) is 24.8. The molecule has 0 fully saturated rings. The molecule has 30 heavy (non-hydrogen) atoms. The number of rotatable bonds is 11. The SMILES string of the molecule is C=C/C=C(\C=C/C)P(/C(C=CC(C)C=C)=C(\C(=C)C)C(=C)/C=C\C)c1ccccc1. The Morgan fingerprint density at radius 1 is 0.967 bits per heavy atom. The molecule has 1 heteroatoms. The van der Waals surface area contributed by atoms with Gasteiger partial charge in [0.2, 0.25) is 0 Å². The quantitative estimate of drug-likeness (QED) is 0.193. The molecule has 0 spiro atoms. The number of benzene rings is 1. The monoisotopic (exact) mass is 414 g/mol.